The Hall–Kier alpha value is -3.70. The minimum atomic E-state index is -1.46. The number of nitriles is 1. The summed E-state index contributed by atoms with van der Waals surface area (Å²) in [5.74, 6) is -3.99. The van der Waals surface area contributed by atoms with Crippen LogP contribution in [-0.4, -0.2) is 86.0 Å². The zero-order valence-electron chi connectivity index (χ0n) is 22.4. The number of hydrogen-bond donors (Lipinski definition) is 0. The van der Waals surface area contributed by atoms with Crippen LogP contribution in [0.25, 0.3) is 0 Å². The van der Waals surface area contributed by atoms with Crippen LogP contribution in [-0.2, 0) is 61.9 Å². The first kappa shape index (κ1) is 31.5. The standard InChI is InChI=1S/C25H33NO13/c1-13(27)33-11-19-21(18(7-6-9-26)8-10-32-19)39-25-24(37-17(5)31)23(36-16(4)30)22(35-15(3)29)20(38-25)12-34-14(2)28/h8,10,18-25H,6-7,11-12H2,1-5H3/t18-,19-,20-,21+,22-,23+,24-,25-/m1/s1. The van der Waals surface area contributed by atoms with Crippen molar-refractivity contribution in [3.8, 4) is 6.07 Å². The first-order chi connectivity index (χ1) is 18.4. The zero-order chi connectivity index (χ0) is 29.1. The maximum Gasteiger partial charge on any atom is 0.303 e. The van der Waals surface area contributed by atoms with Crippen molar-refractivity contribution in [1.29, 1.82) is 5.26 Å². The maximum absolute atomic E-state index is 12.1. The molecule has 0 aromatic carbocycles. The number of ether oxygens (including phenoxy) is 8. The lowest BCUT2D eigenvalue weighted by molar-refractivity contribution is -0.326. The Morgan fingerprint density at radius 1 is 0.744 bits per heavy atom. The molecule has 1 fully saturated rings. The quantitative estimate of drug-likeness (QED) is 0.258. The topological polar surface area (TPSA) is 183 Å². The summed E-state index contributed by atoms with van der Waals surface area (Å²) in [5, 5.41) is 9.12. The third-order valence-corrected chi connectivity index (χ3v) is 5.65. The second kappa shape index (κ2) is 15.0. The molecule has 0 aromatic rings. The van der Waals surface area contributed by atoms with Gasteiger partial charge in [-0.2, -0.15) is 5.26 Å². The van der Waals surface area contributed by atoms with Crippen LogP contribution in [0.15, 0.2) is 12.3 Å². The van der Waals surface area contributed by atoms with Gasteiger partial charge in [0.05, 0.1) is 12.3 Å². The van der Waals surface area contributed by atoms with E-state index in [2.05, 4.69) is 6.07 Å². The minimum Gasteiger partial charge on any atom is -0.492 e. The van der Waals surface area contributed by atoms with E-state index in [9.17, 15) is 24.0 Å². The lowest BCUT2D eigenvalue weighted by Gasteiger charge is -2.46. The molecule has 14 heteroatoms. The van der Waals surface area contributed by atoms with E-state index < -0.39 is 85.3 Å². The summed E-state index contributed by atoms with van der Waals surface area (Å²) < 4.78 is 44.3. The van der Waals surface area contributed by atoms with Crippen LogP contribution in [0.3, 0.4) is 0 Å². The molecule has 0 radical (unpaired) electrons. The van der Waals surface area contributed by atoms with Crippen molar-refractivity contribution in [3.05, 3.63) is 12.3 Å². The van der Waals surface area contributed by atoms with E-state index >= 15 is 0 Å². The molecular formula is C25H33NO13. The van der Waals surface area contributed by atoms with Crippen LogP contribution in [0.2, 0.25) is 0 Å². The van der Waals surface area contributed by atoms with Gasteiger partial charge in [0, 0.05) is 47.0 Å². The number of rotatable bonds is 11. The van der Waals surface area contributed by atoms with Gasteiger partial charge in [-0.25, -0.2) is 0 Å². The summed E-state index contributed by atoms with van der Waals surface area (Å²) in [6.45, 7) is 5.08. The van der Waals surface area contributed by atoms with Gasteiger partial charge in [-0.05, 0) is 12.5 Å². The summed E-state index contributed by atoms with van der Waals surface area (Å²) >= 11 is 0. The molecule has 14 nitrogen and oxygen atoms in total. The van der Waals surface area contributed by atoms with Gasteiger partial charge in [-0.1, -0.05) is 0 Å². The van der Waals surface area contributed by atoms with Gasteiger partial charge >= 0.3 is 29.8 Å². The number of nitrogens with zero attached hydrogens (tertiary/aromatic N) is 1. The Labute approximate surface area is 225 Å². The molecule has 2 aliphatic rings. The number of carbonyl (C=O) groups is 5. The van der Waals surface area contributed by atoms with E-state index in [1.165, 1.54) is 13.2 Å². The molecule has 0 aliphatic carbocycles. The Morgan fingerprint density at radius 2 is 1.28 bits per heavy atom. The number of carbonyl (C=O) groups excluding carboxylic acids is 5. The fourth-order valence-corrected chi connectivity index (χ4v) is 4.18. The molecule has 0 amide bonds. The average molecular weight is 556 g/mol. The van der Waals surface area contributed by atoms with Crippen molar-refractivity contribution in [2.24, 2.45) is 5.92 Å². The maximum atomic E-state index is 12.1. The molecule has 0 aromatic heterocycles. The zero-order valence-corrected chi connectivity index (χ0v) is 22.4. The van der Waals surface area contributed by atoms with E-state index in [-0.39, 0.29) is 13.0 Å². The van der Waals surface area contributed by atoms with Crippen molar-refractivity contribution < 1.29 is 61.9 Å². The summed E-state index contributed by atoms with van der Waals surface area (Å²) in [6, 6.07) is 2.06. The normalized spacial score (nSPS) is 29.6. The largest absolute Gasteiger partial charge is 0.492 e. The molecular weight excluding hydrogens is 522 g/mol. The smallest absolute Gasteiger partial charge is 0.303 e. The molecule has 2 heterocycles. The fraction of sp³-hybridized carbons (Fsp3) is 0.680. The van der Waals surface area contributed by atoms with Gasteiger partial charge in [-0.3, -0.25) is 24.0 Å². The van der Waals surface area contributed by atoms with Gasteiger partial charge in [0.2, 0.25) is 0 Å². The van der Waals surface area contributed by atoms with Crippen molar-refractivity contribution in [2.75, 3.05) is 13.2 Å². The minimum absolute atomic E-state index is 0.160. The SMILES string of the molecule is CC(=O)OC[C@H]1O[C@H](O[C@H]2[C@H](CCC#N)C=CO[C@@H]2COC(C)=O)[C@H](OC(C)=O)[C@@H](OC(C)=O)[C@@H]1OC(C)=O. The molecule has 2 rings (SSSR count). The van der Waals surface area contributed by atoms with Crippen molar-refractivity contribution in [1.82, 2.24) is 0 Å². The van der Waals surface area contributed by atoms with Crippen LogP contribution in [0.5, 0.6) is 0 Å². The third kappa shape index (κ3) is 9.84. The van der Waals surface area contributed by atoms with Crippen LogP contribution in [0, 0.1) is 17.2 Å². The lowest BCUT2D eigenvalue weighted by atomic mass is 9.91. The van der Waals surface area contributed by atoms with Crippen LogP contribution in [0.1, 0.15) is 47.5 Å². The predicted molar refractivity (Wildman–Crippen MR) is 126 cm³/mol. The summed E-state index contributed by atoms with van der Waals surface area (Å²) in [5.41, 5.74) is 0. The second-order valence-electron chi connectivity index (χ2n) is 8.83. The highest BCUT2D eigenvalue weighted by Gasteiger charge is 2.54. The molecule has 0 spiro atoms. The van der Waals surface area contributed by atoms with Gasteiger partial charge in [0.1, 0.15) is 25.4 Å². The second-order valence-corrected chi connectivity index (χ2v) is 8.83. The summed E-state index contributed by atoms with van der Waals surface area (Å²) in [7, 11) is 0. The fourth-order valence-electron chi connectivity index (χ4n) is 4.18. The molecule has 0 bridgehead atoms. The first-order valence-corrected chi connectivity index (χ1v) is 12.2. The Morgan fingerprint density at radius 3 is 1.82 bits per heavy atom. The first-order valence-electron chi connectivity index (χ1n) is 12.2. The molecule has 2 aliphatic heterocycles. The summed E-state index contributed by atoms with van der Waals surface area (Å²) in [6.07, 6.45) is -5.06. The molecule has 0 N–H and O–H groups in total. The van der Waals surface area contributed by atoms with E-state index in [0.717, 1.165) is 27.7 Å². The lowest BCUT2D eigenvalue weighted by Crippen LogP contribution is -2.64. The van der Waals surface area contributed by atoms with Gasteiger partial charge in [0.15, 0.2) is 30.7 Å². The summed E-state index contributed by atoms with van der Waals surface area (Å²) in [4.78, 5) is 59.0. The molecule has 216 valence electrons. The van der Waals surface area contributed by atoms with Crippen LogP contribution >= 0.6 is 0 Å². The average Bonchev–Trinajstić information content (AvgIpc) is 2.83. The van der Waals surface area contributed by atoms with Crippen molar-refractivity contribution in [3.63, 3.8) is 0 Å². The highest BCUT2D eigenvalue weighted by atomic mass is 16.7. The Bertz CT molecular complexity index is 974. The molecule has 8 atom stereocenters. The van der Waals surface area contributed by atoms with E-state index in [1.54, 1.807) is 6.08 Å². The van der Waals surface area contributed by atoms with Crippen LogP contribution < -0.4 is 0 Å². The Balaban J connectivity index is 2.50. The van der Waals surface area contributed by atoms with Gasteiger partial charge < -0.3 is 37.9 Å². The number of esters is 5. The predicted octanol–water partition coefficient (Wildman–Crippen LogP) is 0.850. The Kier molecular flexibility index (Phi) is 12.1. The van der Waals surface area contributed by atoms with Gasteiger partial charge in [0.25, 0.3) is 0 Å². The van der Waals surface area contributed by atoms with E-state index in [0.29, 0.717) is 6.42 Å². The number of hydrogen-bond acceptors (Lipinski definition) is 14. The van der Waals surface area contributed by atoms with Crippen molar-refractivity contribution >= 4 is 29.8 Å². The third-order valence-electron chi connectivity index (χ3n) is 5.65. The van der Waals surface area contributed by atoms with E-state index in [1.807, 2.05) is 0 Å². The van der Waals surface area contributed by atoms with Gasteiger partial charge in [-0.15, -0.1) is 0 Å². The molecule has 1 saturated heterocycles. The molecule has 39 heavy (non-hydrogen) atoms. The van der Waals surface area contributed by atoms with Crippen molar-refractivity contribution in [2.45, 2.75) is 90.4 Å². The van der Waals surface area contributed by atoms with E-state index in [4.69, 9.17) is 43.2 Å². The highest BCUT2D eigenvalue weighted by molar-refractivity contribution is 5.68. The molecule has 0 saturated carbocycles. The van der Waals surface area contributed by atoms with Crippen LogP contribution in [0.4, 0.5) is 0 Å². The molecule has 0 unspecified atom stereocenters. The monoisotopic (exact) mass is 555 g/mol. The highest BCUT2D eigenvalue weighted by Crippen LogP contribution is 2.34.